The summed E-state index contributed by atoms with van der Waals surface area (Å²) in [5.74, 6) is 0. The highest BCUT2D eigenvalue weighted by Gasteiger charge is 2.04. The molecule has 0 saturated heterocycles. The minimum absolute atomic E-state index is 1.07. The molecule has 0 aliphatic heterocycles. The van der Waals surface area contributed by atoms with Crippen LogP contribution >= 0.6 is 0 Å². The van der Waals surface area contributed by atoms with Crippen molar-refractivity contribution < 1.29 is 0 Å². The number of rotatable bonds is 1. The molecule has 0 N–H and O–H groups in total. The van der Waals surface area contributed by atoms with Gasteiger partial charge < -0.3 is 0 Å². The Balaban J connectivity index is 2.39. The first-order valence-electron chi connectivity index (χ1n) is 5.37. The molecule has 1 aliphatic carbocycles. The first kappa shape index (κ1) is 9.97. The van der Waals surface area contributed by atoms with Gasteiger partial charge in [0, 0.05) is 0 Å². The van der Waals surface area contributed by atoms with Crippen LogP contribution in [0.4, 0.5) is 0 Å². The Morgan fingerprint density at radius 3 is 2.47 bits per heavy atom. The Bertz CT molecular complexity index is 426. The minimum atomic E-state index is 1.07. The second-order valence-electron chi connectivity index (χ2n) is 4.10. The van der Waals surface area contributed by atoms with Crippen molar-refractivity contribution in [3.05, 3.63) is 65.3 Å². The normalized spacial score (nSPS) is 15.1. The number of hydrogen-bond acceptors (Lipinski definition) is 0. The summed E-state index contributed by atoms with van der Waals surface area (Å²) in [6.45, 7) is 4.35. The lowest BCUT2D eigenvalue weighted by atomic mass is 9.94. The van der Waals surface area contributed by atoms with Gasteiger partial charge in [0.15, 0.2) is 0 Å². The van der Waals surface area contributed by atoms with E-state index >= 15 is 0 Å². The molecule has 0 atom stereocenters. The predicted octanol–water partition coefficient (Wildman–Crippen LogP) is 4.37. The van der Waals surface area contributed by atoms with Gasteiger partial charge in [-0.2, -0.15) is 0 Å². The summed E-state index contributed by atoms with van der Waals surface area (Å²) in [6, 6.07) is 10.5. The second-order valence-corrected chi connectivity index (χ2v) is 4.10. The van der Waals surface area contributed by atoms with Gasteiger partial charge in [0.2, 0.25) is 0 Å². The fourth-order valence-electron chi connectivity index (χ4n) is 1.77. The molecule has 0 saturated carbocycles. The molecule has 1 aromatic carbocycles. The highest BCUT2D eigenvalue weighted by Crippen LogP contribution is 2.25. The Labute approximate surface area is 91.6 Å². The number of benzene rings is 1. The lowest BCUT2D eigenvalue weighted by Gasteiger charge is -2.11. The molecule has 1 aliphatic rings. The van der Waals surface area contributed by atoms with Crippen LogP contribution in [0.15, 0.2) is 59.7 Å². The molecule has 2 rings (SSSR count). The van der Waals surface area contributed by atoms with Crippen molar-refractivity contribution in [1.29, 1.82) is 0 Å². The molecule has 0 amide bonds. The lowest BCUT2D eigenvalue weighted by Crippen LogP contribution is -1.90. The van der Waals surface area contributed by atoms with Gasteiger partial charge in [0.1, 0.15) is 0 Å². The van der Waals surface area contributed by atoms with Gasteiger partial charge in [0.05, 0.1) is 0 Å². The summed E-state index contributed by atoms with van der Waals surface area (Å²) < 4.78 is 0. The van der Waals surface area contributed by atoms with Crippen molar-refractivity contribution in [2.75, 3.05) is 0 Å². The van der Waals surface area contributed by atoms with Gasteiger partial charge >= 0.3 is 0 Å². The molecule has 0 heterocycles. The Morgan fingerprint density at radius 1 is 1.07 bits per heavy atom. The fraction of sp³-hybridized carbons (Fsp3) is 0.200. The average Bonchev–Trinajstić information content (AvgIpc) is 2.30. The molecule has 0 aromatic heterocycles. The minimum Gasteiger partial charge on any atom is -0.0795 e. The van der Waals surface area contributed by atoms with E-state index in [0.717, 1.165) is 6.42 Å². The third-order valence-electron chi connectivity index (χ3n) is 2.71. The zero-order valence-electron chi connectivity index (χ0n) is 9.33. The monoisotopic (exact) mass is 196 g/mol. The molecular weight excluding hydrogens is 180 g/mol. The van der Waals surface area contributed by atoms with Crippen LogP contribution in [0.1, 0.15) is 25.8 Å². The van der Waals surface area contributed by atoms with Crippen LogP contribution in [0.25, 0.3) is 5.57 Å². The molecule has 0 bridgehead atoms. The molecule has 0 heteroatoms. The topological polar surface area (TPSA) is 0 Å². The number of hydrogen-bond donors (Lipinski definition) is 0. The molecule has 76 valence electrons. The zero-order chi connectivity index (χ0) is 10.7. The summed E-state index contributed by atoms with van der Waals surface area (Å²) >= 11 is 0. The van der Waals surface area contributed by atoms with Gasteiger partial charge in [-0.25, -0.2) is 0 Å². The third-order valence-corrected chi connectivity index (χ3v) is 2.71. The van der Waals surface area contributed by atoms with E-state index in [1.807, 2.05) is 0 Å². The van der Waals surface area contributed by atoms with Crippen molar-refractivity contribution in [3.63, 3.8) is 0 Å². The van der Waals surface area contributed by atoms with E-state index in [0.29, 0.717) is 0 Å². The molecule has 0 unspecified atom stereocenters. The summed E-state index contributed by atoms with van der Waals surface area (Å²) in [5, 5.41) is 0. The summed E-state index contributed by atoms with van der Waals surface area (Å²) in [7, 11) is 0. The maximum Gasteiger partial charge on any atom is -0.00945 e. The SMILES string of the molecule is CC(C)=C1C=C(c2ccccc2)C=CC1. The third kappa shape index (κ3) is 2.27. The first-order chi connectivity index (χ1) is 7.27. The van der Waals surface area contributed by atoms with Crippen molar-refractivity contribution >= 4 is 5.57 Å². The lowest BCUT2D eigenvalue weighted by molar-refractivity contribution is 1.18. The molecule has 1 aromatic rings. The smallest absolute Gasteiger partial charge is 0.00945 e. The van der Waals surface area contributed by atoms with E-state index in [9.17, 15) is 0 Å². The van der Waals surface area contributed by atoms with E-state index in [1.165, 1.54) is 22.3 Å². The Morgan fingerprint density at radius 2 is 1.80 bits per heavy atom. The highest BCUT2D eigenvalue weighted by molar-refractivity contribution is 5.77. The predicted molar refractivity (Wildman–Crippen MR) is 66.6 cm³/mol. The fourth-order valence-corrected chi connectivity index (χ4v) is 1.77. The second kappa shape index (κ2) is 4.31. The van der Waals surface area contributed by atoms with Crippen LogP contribution < -0.4 is 0 Å². The van der Waals surface area contributed by atoms with Crippen LogP contribution in [0.2, 0.25) is 0 Å². The van der Waals surface area contributed by atoms with Gasteiger partial charge in [0.25, 0.3) is 0 Å². The molecule has 15 heavy (non-hydrogen) atoms. The van der Waals surface area contributed by atoms with Crippen molar-refractivity contribution in [3.8, 4) is 0 Å². The standard InChI is InChI=1S/C15H16/c1-12(2)14-9-6-10-15(11-14)13-7-4-3-5-8-13/h3-8,10-11H,9H2,1-2H3. The zero-order valence-corrected chi connectivity index (χ0v) is 9.33. The van der Waals surface area contributed by atoms with Crippen LogP contribution in [0.3, 0.4) is 0 Å². The largest absolute Gasteiger partial charge is 0.0795 e. The van der Waals surface area contributed by atoms with E-state index in [-0.39, 0.29) is 0 Å². The Kier molecular flexibility index (Phi) is 2.86. The molecule has 0 spiro atoms. The van der Waals surface area contributed by atoms with Gasteiger partial charge in [-0.1, -0.05) is 54.1 Å². The molecule has 0 radical (unpaired) electrons. The summed E-state index contributed by atoms with van der Waals surface area (Å²) in [6.07, 6.45) is 7.82. The van der Waals surface area contributed by atoms with E-state index < -0.39 is 0 Å². The summed E-state index contributed by atoms with van der Waals surface area (Å²) in [4.78, 5) is 0. The van der Waals surface area contributed by atoms with Crippen LogP contribution in [0.5, 0.6) is 0 Å². The highest BCUT2D eigenvalue weighted by atomic mass is 14.1. The summed E-state index contributed by atoms with van der Waals surface area (Å²) in [5.41, 5.74) is 5.47. The molecule has 0 nitrogen and oxygen atoms in total. The Hall–Kier alpha value is -1.56. The molecular formula is C15H16. The van der Waals surface area contributed by atoms with Gasteiger partial charge in [-0.05, 0) is 37.0 Å². The van der Waals surface area contributed by atoms with E-state index in [2.05, 4.69) is 62.4 Å². The number of allylic oxidation sites excluding steroid dienone is 6. The van der Waals surface area contributed by atoms with Crippen molar-refractivity contribution in [2.24, 2.45) is 0 Å². The van der Waals surface area contributed by atoms with Crippen LogP contribution in [0, 0.1) is 0 Å². The first-order valence-corrected chi connectivity index (χ1v) is 5.37. The van der Waals surface area contributed by atoms with Crippen molar-refractivity contribution in [2.45, 2.75) is 20.3 Å². The van der Waals surface area contributed by atoms with E-state index in [1.54, 1.807) is 0 Å². The molecule has 0 fully saturated rings. The van der Waals surface area contributed by atoms with E-state index in [4.69, 9.17) is 0 Å². The van der Waals surface area contributed by atoms with Crippen LogP contribution in [-0.4, -0.2) is 0 Å². The quantitative estimate of drug-likeness (QED) is 0.625. The average molecular weight is 196 g/mol. The van der Waals surface area contributed by atoms with Crippen molar-refractivity contribution in [1.82, 2.24) is 0 Å². The maximum atomic E-state index is 2.30. The van der Waals surface area contributed by atoms with Gasteiger partial charge in [-0.15, -0.1) is 0 Å². The van der Waals surface area contributed by atoms with Gasteiger partial charge in [-0.3, -0.25) is 0 Å². The van der Waals surface area contributed by atoms with Crippen LogP contribution in [-0.2, 0) is 0 Å². The maximum absolute atomic E-state index is 2.30.